The molecule has 25 heavy (non-hydrogen) atoms. The van der Waals surface area contributed by atoms with Crippen molar-refractivity contribution in [3.05, 3.63) is 54.1 Å². The van der Waals surface area contributed by atoms with E-state index in [9.17, 15) is 9.59 Å². The number of anilines is 1. The van der Waals surface area contributed by atoms with E-state index >= 15 is 0 Å². The van der Waals surface area contributed by atoms with Gasteiger partial charge in [0.25, 0.3) is 5.91 Å². The largest absolute Gasteiger partial charge is 0.496 e. The second-order valence-corrected chi connectivity index (χ2v) is 5.68. The SMILES string of the molecule is CNC(=O)[C@H]1CN(C(=O)Cc2ccccc2OC)c2ccccc2O1. The minimum Gasteiger partial charge on any atom is -0.496 e. The number of likely N-dealkylation sites (N-methyl/N-ethyl adjacent to an activating group) is 1. The third kappa shape index (κ3) is 3.42. The maximum absolute atomic E-state index is 12.9. The first-order valence-electron chi connectivity index (χ1n) is 8.03. The first-order valence-corrected chi connectivity index (χ1v) is 8.03. The summed E-state index contributed by atoms with van der Waals surface area (Å²) < 4.78 is 11.0. The molecule has 0 aromatic heterocycles. The van der Waals surface area contributed by atoms with E-state index in [0.717, 1.165) is 5.56 Å². The number of amides is 2. The summed E-state index contributed by atoms with van der Waals surface area (Å²) in [5.41, 5.74) is 1.47. The second kappa shape index (κ2) is 7.25. The van der Waals surface area contributed by atoms with Crippen molar-refractivity contribution < 1.29 is 19.1 Å². The third-order valence-electron chi connectivity index (χ3n) is 4.15. The summed E-state index contributed by atoms with van der Waals surface area (Å²) >= 11 is 0. The number of benzene rings is 2. The highest BCUT2D eigenvalue weighted by Gasteiger charge is 2.33. The Morgan fingerprint density at radius 2 is 1.92 bits per heavy atom. The predicted molar refractivity (Wildman–Crippen MR) is 94.0 cm³/mol. The molecule has 0 saturated heterocycles. The number of methoxy groups -OCH3 is 1. The summed E-state index contributed by atoms with van der Waals surface area (Å²) in [7, 11) is 3.13. The van der Waals surface area contributed by atoms with Gasteiger partial charge in [0.15, 0.2) is 6.10 Å². The molecule has 0 bridgehead atoms. The molecule has 3 rings (SSSR count). The van der Waals surface area contributed by atoms with Gasteiger partial charge in [0, 0.05) is 12.6 Å². The quantitative estimate of drug-likeness (QED) is 0.921. The average molecular weight is 340 g/mol. The number of ether oxygens (including phenoxy) is 2. The lowest BCUT2D eigenvalue weighted by atomic mass is 10.1. The highest BCUT2D eigenvalue weighted by molar-refractivity contribution is 5.98. The van der Waals surface area contributed by atoms with Crippen molar-refractivity contribution in [1.82, 2.24) is 5.32 Å². The smallest absolute Gasteiger partial charge is 0.262 e. The number of fused-ring (bicyclic) bond motifs is 1. The van der Waals surface area contributed by atoms with E-state index in [2.05, 4.69) is 5.32 Å². The van der Waals surface area contributed by atoms with Crippen LogP contribution in [0.2, 0.25) is 0 Å². The van der Waals surface area contributed by atoms with Gasteiger partial charge < -0.3 is 19.7 Å². The van der Waals surface area contributed by atoms with Crippen molar-refractivity contribution in [2.75, 3.05) is 25.6 Å². The molecule has 1 N–H and O–H groups in total. The van der Waals surface area contributed by atoms with Crippen LogP contribution < -0.4 is 19.7 Å². The van der Waals surface area contributed by atoms with Crippen LogP contribution in [0.15, 0.2) is 48.5 Å². The Morgan fingerprint density at radius 1 is 1.20 bits per heavy atom. The summed E-state index contributed by atoms with van der Waals surface area (Å²) in [5.74, 6) is 0.815. The van der Waals surface area contributed by atoms with Crippen molar-refractivity contribution in [1.29, 1.82) is 0 Å². The maximum Gasteiger partial charge on any atom is 0.262 e. The van der Waals surface area contributed by atoms with E-state index < -0.39 is 6.10 Å². The highest BCUT2D eigenvalue weighted by atomic mass is 16.5. The molecule has 0 fully saturated rings. The van der Waals surface area contributed by atoms with E-state index in [0.29, 0.717) is 17.2 Å². The number of rotatable bonds is 4. The normalized spacial score (nSPS) is 15.8. The van der Waals surface area contributed by atoms with E-state index in [1.807, 2.05) is 42.5 Å². The predicted octanol–water partition coefficient (Wildman–Crippen LogP) is 1.78. The summed E-state index contributed by atoms with van der Waals surface area (Å²) in [4.78, 5) is 26.5. The maximum atomic E-state index is 12.9. The van der Waals surface area contributed by atoms with E-state index in [-0.39, 0.29) is 24.8 Å². The fraction of sp³-hybridized carbons (Fsp3) is 0.263. The zero-order valence-corrected chi connectivity index (χ0v) is 14.2. The van der Waals surface area contributed by atoms with Gasteiger partial charge in [-0.1, -0.05) is 30.3 Å². The number of hydrogen-bond donors (Lipinski definition) is 1. The Kier molecular flexibility index (Phi) is 4.88. The van der Waals surface area contributed by atoms with Crippen LogP contribution in [0.4, 0.5) is 5.69 Å². The zero-order valence-electron chi connectivity index (χ0n) is 14.2. The minimum atomic E-state index is -0.735. The molecule has 0 unspecified atom stereocenters. The number of para-hydroxylation sites is 3. The van der Waals surface area contributed by atoms with Gasteiger partial charge in [-0.2, -0.15) is 0 Å². The molecule has 6 heteroatoms. The molecule has 2 aromatic rings. The summed E-state index contributed by atoms with van der Waals surface area (Å²) in [6.45, 7) is 0.171. The third-order valence-corrected chi connectivity index (χ3v) is 4.15. The average Bonchev–Trinajstić information content (AvgIpc) is 2.66. The molecule has 0 aliphatic carbocycles. The van der Waals surface area contributed by atoms with Crippen molar-refractivity contribution in [2.45, 2.75) is 12.5 Å². The van der Waals surface area contributed by atoms with E-state index in [4.69, 9.17) is 9.47 Å². The zero-order chi connectivity index (χ0) is 17.8. The van der Waals surface area contributed by atoms with Gasteiger partial charge in [-0.3, -0.25) is 9.59 Å². The molecule has 2 aromatic carbocycles. The number of hydrogen-bond acceptors (Lipinski definition) is 4. The van der Waals surface area contributed by atoms with Crippen LogP contribution in [0.25, 0.3) is 0 Å². The molecule has 2 amide bonds. The van der Waals surface area contributed by atoms with Gasteiger partial charge in [0.2, 0.25) is 5.91 Å². The molecule has 1 atom stereocenters. The highest BCUT2D eigenvalue weighted by Crippen LogP contribution is 2.34. The van der Waals surface area contributed by atoms with E-state index in [1.165, 1.54) is 0 Å². The van der Waals surface area contributed by atoms with E-state index in [1.54, 1.807) is 25.1 Å². The molecule has 0 spiro atoms. The number of carbonyl (C=O) groups is 2. The van der Waals surface area contributed by atoms with Gasteiger partial charge in [0.05, 0.1) is 25.8 Å². The fourth-order valence-corrected chi connectivity index (χ4v) is 2.88. The van der Waals surface area contributed by atoms with Gasteiger partial charge >= 0.3 is 0 Å². The first kappa shape index (κ1) is 16.8. The number of carbonyl (C=O) groups excluding carboxylic acids is 2. The Balaban J connectivity index is 1.89. The molecular formula is C19H20N2O4. The van der Waals surface area contributed by atoms with Crippen molar-refractivity contribution >= 4 is 17.5 Å². The molecule has 130 valence electrons. The van der Waals surface area contributed by atoms with Gasteiger partial charge in [-0.05, 0) is 18.2 Å². The van der Waals surface area contributed by atoms with Crippen LogP contribution in [-0.4, -0.2) is 38.6 Å². The van der Waals surface area contributed by atoms with Gasteiger partial charge in [-0.15, -0.1) is 0 Å². The van der Waals surface area contributed by atoms with Gasteiger partial charge in [-0.25, -0.2) is 0 Å². The minimum absolute atomic E-state index is 0.117. The second-order valence-electron chi connectivity index (χ2n) is 5.68. The van der Waals surface area contributed by atoms with Crippen LogP contribution in [0.3, 0.4) is 0 Å². The van der Waals surface area contributed by atoms with Crippen LogP contribution in [0.1, 0.15) is 5.56 Å². The Labute approximate surface area is 146 Å². The van der Waals surface area contributed by atoms with Crippen molar-refractivity contribution in [3.63, 3.8) is 0 Å². The van der Waals surface area contributed by atoms with Crippen molar-refractivity contribution in [2.24, 2.45) is 0 Å². The van der Waals surface area contributed by atoms with Crippen LogP contribution in [0.5, 0.6) is 11.5 Å². The Hall–Kier alpha value is -3.02. The number of nitrogens with zero attached hydrogens (tertiary/aromatic N) is 1. The lowest BCUT2D eigenvalue weighted by molar-refractivity contribution is -0.127. The first-order chi connectivity index (χ1) is 12.1. The summed E-state index contributed by atoms with van der Waals surface area (Å²) in [6.07, 6.45) is -0.555. The Morgan fingerprint density at radius 3 is 2.68 bits per heavy atom. The fourth-order valence-electron chi connectivity index (χ4n) is 2.88. The summed E-state index contributed by atoms with van der Waals surface area (Å²) in [6, 6.07) is 14.6. The molecule has 0 radical (unpaired) electrons. The van der Waals surface area contributed by atoms with Crippen LogP contribution >= 0.6 is 0 Å². The van der Waals surface area contributed by atoms with Crippen LogP contribution in [-0.2, 0) is 16.0 Å². The topological polar surface area (TPSA) is 67.9 Å². The Bertz CT molecular complexity index is 790. The molecule has 6 nitrogen and oxygen atoms in total. The molecular weight excluding hydrogens is 320 g/mol. The lowest BCUT2D eigenvalue weighted by Crippen LogP contribution is -2.50. The summed E-state index contributed by atoms with van der Waals surface area (Å²) in [5, 5.41) is 2.57. The van der Waals surface area contributed by atoms with Crippen LogP contribution in [0, 0.1) is 0 Å². The molecule has 1 aliphatic heterocycles. The molecule has 1 heterocycles. The molecule has 0 saturated carbocycles. The monoisotopic (exact) mass is 340 g/mol. The number of nitrogens with one attached hydrogen (secondary N) is 1. The van der Waals surface area contributed by atoms with Gasteiger partial charge in [0.1, 0.15) is 11.5 Å². The standard InChI is InChI=1S/C19H20N2O4/c1-20-19(23)17-12-21(14-8-4-6-10-16(14)25-17)18(22)11-13-7-3-5-9-15(13)24-2/h3-10,17H,11-12H2,1-2H3,(H,20,23)/t17-/m1/s1. The lowest BCUT2D eigenvalue weighted by Gasteiger charge is -2.34. The molecule has 1 aliphatic rings. The van der Waals surface area contributed by atoms with Crippen molar-refractivity contribution in [3.8, 4) is 11.5 Å².